The van der Waals surface area contributed by atoms with Crippen molar-refractivity contribution in [3.8, 4) is 11.5 Å². The van der Waals surface area contributed by atoms with Gasteiger partial charge in [-0.25, -0.2) is 0 Å². The summed E-state index contributed by atoms with van der Waals surface area (Å²) in [7, 11) is 3.18. The zero-order valence-corrected chi connectivity index (χ0v) is 21.0. The summed E-state index contributed by atoms with van der Waals surface area (Å²) in [6.45, 7) is 7.07. The van der Waals surface area contributed by atoms with Gasteiger partial charge in [0.05, 0.1) is 31.9 Å². The number of aliphatic hydroxyl groups is 1. The van der Waals surface area contributed by atoms with Crippen molar-refractivity contribution in [2.75, 3.05) is 27.4 Å². The Balaban J connectivity index is 1.85. The maximum atomic E-state index is 13.3. The maximum absolute atomic E-state index is 13.3. The van der Waals surface area contributed by atoms with E-state index in [2.05, 4.69) is 0 Å². The number of likely N-dealkylation sites (tertiary alicyclic amines) is 1. The lowest BCUT2D eigenvalue weighted by molar-refractivity contribution is -0.140. The Hall–Kier alpha value is -3.32. The van der Waals surface area contributed by atoms with Crippen molar-refractivity contribution in [1.82, 2.24) is 4.90 Å². The molecule has 2 aliphatic heterocycles. The van der Waals surface area contributed by atoms with E-state index in [1.165, 1.54) is 4.90 Å². The van der Waals surface area contributed by atoms with Crippen LogP contribution in [0.1, 0.15) is 56.3 Å². The lowest BCUT2D eigenvalue weighted by atomic mass is 9.84. The van der Waals surface area contributed by atoms with Crippen LogP contribution >= 0.6 is 0 Å². The quantitative estimate of drug-likeness (QED) is 0.370. The Morgan fingerprint density at radius 3 is 2.37 bits per heavy atom. The first-order chi connectivity index (χ1) is 16.7. The van der Waals surface area contributed by atoms with Gasteiger partial charge in [0, 0.05) is 24.3 Å². The van der Waals surface area contributed by atoms with Crippen molar-refractivity contribution in [2.45, 2.75) is 51.2 Å². The fourth-order valence-corrected chi connectivity index (χ4v) is 4.81. The topological polar surface area (TPSA) is 85.3 Å². The molecule has 4 rings (SSSR count). The van der Waals surface area contributed by atoms with E-state index in [0.29, 0.717) is 29.2 Å². The van der Waals surface area contributed by atoms with Crippen LogP contribution in [0.4, 0.5) is 0 Å². The minimum Gasteiger partial charge on any atom is -0.507 e. The van der Waals surface area contributed by atoms with Crippen molar-refractivity contribution >= 4 is 17.4 Å². The van der Waals surface area contributed by atoms with Crippen LogP contribution in [0, 0.1) is 0 Å². The van der Waals surface area contributed by atoms with Gasteiger partial charge in [-0.1, -0.05) is 32.9 Å². The molecule has 2 aliphatic rings. The number of hydrogen-bond acceptors (Lipinski definition) is 6. The highest BCUT2D eigenvalue weighted by Crippen LogP contribution is 2.41. The molecule has 0 aliphatic carbocycles. The van der Waals surface area contributed by atoms with Crippen molar-refractivity contribution in [3.63, 3.8) is 0 Å². The summed E-state index contributed by atoms with van der Waals surface area (Å²) in [5.74, 6) is -0.177. The minimum atomic E-state index is -0.731. The fraction of sp³-hybridized carbons (Fsp3) is 0.429. The molecule has 2 atom stereocenters. The third-order valence-electron chi connectivity index (χ3n) is 6.68. The number of benzene rings is 2. The number of nitrogens with zero attached hydrogens (tertiary/aromatic N) is 1. The molecule has 1 N–H and O–H groups in total. The van der Waals surface area contributed by atoms with Crippen LogP contribution in [0.3, 0.4) is 0 Å². The third kappa shape index (κ3) is 4.78. The summed E-state index contributed by atoms with van der Waals surface area (Å²) in [6, 6.07) is 11.8. The second kappa shape index (κ2) is 9.74. The van der Waals surface area contributed by atoms with Gasteiger partial charge < -0.3 is 24.2 Å². The molecule has 35 heavy (non-hydrogen) atoms. The Kier molecular flexibility index (Phi) is 6.90. The number of ketones is 1. The van der Waals surface area contributed by atoms with Gasteiger partial charge in [-0.2, -0.15) is 0 Å². The fourth-order valence-electron chi connectivity index (χ4n) is 4.81. The summed E-state index contributed by atoms with van der Waals surface area (Å²) in [4.78, 5) is 28.0. The lowest BCUT2D eigenvalue weighted by Crippen LogP contribution is -2.36. The van der Waals surface area contributed by atoms with Crippen molar-refractivity contribution in [1.29, 1.82) is 0 Å². The Bertz CT molecular complexity index is 1140. The zero-order chi connectivity index (χ0) is 25.3. The second-order valence-corrected chi connectivity index (χ2v) is 10.0. The molecule has 0 spiro atoms. The molecule has 2 saturated heterocycles. The first kappa shape index (κ1) is 24.8. The van der Waals surface area contributed by atoms with Crippen LogP contribution in [-0.2, 0) is 19.7 Å². The van der Waals surface area contributed by atoms with E-state index in [-0.39, 0.29) is 29.4 Å². The van der Waals surface area contributed by atoms with Crippen LogP contribution in [0.25, 0.3) is 5.76 Å². The van der Waals surface area contributed by atoms with Crippen LogP contribution in [0.15, 0.2) is 48.0 Å². The lowest BCUT2D eigenvalue weighted by Gasteiger charge is -2.28. The first-order valence-electron chi connectivity index (χ1n) is 11.9. The molecule has 7 heteroatoms. The van der Waals surface area contributed by atoms with Crippen LogP contribution in [0.2, 0.25) is 0 Å². The van der Waals surface area contributed by atoms with Crippen molar-refractivity contribution < 1.29 is 28.9 Å². The number of amides is 1. The summed E-state index contributed by atoms with van der Waals surface area (Å²) in [5.41, 5.74) is 1.88. The molecule has 2 aromatic rings. The molecule has 7 nitrogen and oxygen atoms in total. The minimum absolute atomic E-state index is 0.0724. The molecule has 1 amide bonds. The molecule has 2 aromatic carbocycles. The molecule has 2 heterocycles. The average molecular weight is 480 g/mol. The number of rotatable bonds is 6. The Morgan fingerprint density at radius 2 is 1.80 bits per heavy atom. The number of aliphatic hydroxyl groups excluding tert-OH is 1. The normalized spacial score (nSPS) is 22.0. The summed E-state index contributed by atoms with van der Waals surface area (Å²) in [6.07, 6.45) is 1.61. The molecule has 0 saturated carbocycles. The first-order valence-corrected chi connectivity index (χ1v) is 11.9. The van der Waals surface area contributed by atoms with Gasteiger partial charge in [0.25, 0.3) is 11.7 Å². The van der Waals surface area contributed by atoms with E-state index in [9.17, 15) is 14.7 Å². The third-order valence-corrected chi connectivity index (χ3v) is 6.68. The van der Waals surface area contributed by atoms with E-state index < -0.39 is 17.7 Å². The monoisotopic (exact) mass is 479 g/mol. The number of carbonyl (C=O) groups excluding carboxylic acids is 2. The highest BCUT2D eigenvalue weighted by atomic mass is 16.5. The van der Waals surface area contributed by atoms with Gasteiger partial charge in [0.2, 0.25) is 0 Å². The van der Waals surface area contributed by atoms with Crippen LogP contribution in [-0.4, -0.2) is 55.2 Å². The Morgan fingerprint density at radius 1 is 1.09 bits per heavy atom. The predicted molar refractivity (Wildman–Crippen MR) is 133 cm³/mol. The predicted octanol–water partition coefficient (Wildman–Crippen LogP) is 4.60. The molecular weight excluding hydrogens is 446 g/mol. The smallest absolute Gasteiger partial charge is 0.295 e. The molecule has 186 valence electrons. The molecule has 2 unspecified atom stereocenters. The van der Waals surface area contributed by atoms with E-state index in [1.54, 1.807) is 38.5 Å². The molecule has 0 bridgehead atoms. The summed E-state index contributed by atoms with van der Waals surface area (Å²) < 4.78 is 16.6. The number of hydrogen-bond donors (Lipinski definition) is 1. The standard InChI is InChI=1S/C28H33NO6/c1-28(2,3)21-15-18(10-13-22(21)34-5)25(30)23-24(17-8-11-19(33-4)12-9-17)29(27(32)26(23)31)16-20-7-6-14-35-20/h8-13,15,20,24,30H,6-7,14,16H2,1-5H3/b25-23-. The summed E-state index contributed by atoms with van der Waals surface area (Å²) >= 11 is 0. The largest absolute Gasteiger partial charge is 0.507 e. The number of carbonyl (C=O) groups is 2. The van der Waals surface area contributed by atoms with Crippen LogP contribution < -0.4 is 9.47 Å². The van der Waals surface area contributed by atoms with E-state index >= 15 is 0 Å². The van der Waals surface area contributed by atoms with Gasteiger partial charge in [-0.05, 0) is 54.2 Å². The highest BCUT2D eigenvalue weighted by molar-refractivity contribution is 6.46. The van der Waals surface area contributed by atoms with E-state index in [1.807, 2.05) is 39.0 Å². The SMILES string of the molecule is COc1ccc(C2/C(=C(/O)c3ccc(OC)c(C(C)(C)C)c3)C(=O)C(=O)N2CC2CCCO2)cc1. The van der Waals surface area contributed by atoms with E-state index in [0.717, 1.165) is 18.4 Å². The highest BCUT2D eigenvalue weighted by Gasteiger charge is 2.47. The van der Waals surface area contributed by atoms with Crippen molar-refractivity contribution in [2.24, 2.45) is 0 Å². The Labute approximate surface area is 206 Å². The number of ether oxygens (including phenoxy) is 3. The number of methoxy groups -OCH3 is 2. The summed E-state index contributed by atoms with van der Waals surface area (Å²) in [5, 5.41) is 11.5. The van der Waals surface area contributed by atoms with Gasteiger partial charge in [-0.3, -0.25) is 9.59 Å². The van der Waals surface area contributed by atoms with Crippen LogP contribution in [0.5, 0.6) is 11.5 Å². The van der Waals surface area contributed by atoms with Gasteiger partial charge in [-0.15, -0.1) is 0 Å². The maximum Gasteiger partial charge on any atom is 0.295 e. The van der Waals surface area contributed by atoms with Gasteiger partial charge in [0.15, 0.2) is 0 Å². The molecule has 0 aromatic heterocycles. The average Bonchev–Trinajstić information content (AvgIpc) is 3.45. The van der Waals surface area contributed by atoms with E-state index in [4.69, 9.17) is 14.2 Å². The second-order valence-electron chi connectivity index (χ2n) is 10.0. The molecular formula is C28H33NO6. The molecule has 0 radical (unpaired) electrons. The molecule has 2 fully saturated rings. The van der Waals surface area contributed by atoms with Gasteiger partial charge in [0.1, 0.15) is 17.3 Å². The van der Waals surface area contributed by atoms with Crippen molar-refractivity contribution in [3.05, 3.63) is 64.7 Å². The van der Waals surface area contributed by atoms with Gasteiger partial charge >= 0.3 is 0 Å². The zero-order valence-electron chi connectivity index (χ0n) is 21.0. The number of Topliss-reactive ketones (excluding diaryl/α,β-unsaturated/α-hetero) is 1.